The molecule has 144 valence electrons. The van der Waals surface area contributed by atoms with Gasteiger partial charge in [0.05, 0.1) is 10.5 Å². The molecular weight excluding hydrogens is 434 g/mol. The van der Waals surface area contributed by atoms with Crippen LogP contribution in [0.2, 0.25) is 0 Å². The van der Waals surface area contributed by atoms with E-state index in [-0.39, 0.29) is 23.2 Å². The number of carbonyl (C=O) groups is 2. The Morgan fingerprint density at radius 3 is 2.46 bits per heavy atom. The van der Waals surface area contributed by atoms with E-state index in [2.05, 4.69) is 21.0 Å². The molecule has 0 N–H and O–H groups in total. The molecule has 0 aromatic heterocycles. The van der Waals surface area contributed by atoms with Gasteiger partial charge < -0.3 is 9.47 Å². The predicted molar refractivity (Wildman–Crippen MR) is 101 cm³/mol. The number of rotatable bonds is 4. The van der Waals surface area contributed by atoms with Crippen molar-refractivity contribution in [2.24, 2.45) is 5.10 Å². The number of nitro groups is 1. The van der Waals surface area contributed by atoms with Crippen LogP contribution in [0, 0.1) is 10.1 Å². The maximum absolute atomic E-state index is 12.0. The van der Waals surface area contributed by atoms with Gasteiger partial charge in [-0.25, -0.2) is 0 Å². The predicted octanol–water partition coefficient (Wildman–Crippen LogP) is 3.52. The van der Waals surface area contributed by atoms with Crippen LogP contribution in [0.1, 0.15) is 31.2 Å². The molecule has 0 saturated heterocycles. The summed E-state index contributed by atoms with van der Waals surface area (Å²) in [4.78, 5) is 33.7. The largest absolute Gasteiger partial charge is 0.446 e. The number of hydrogen-bond donors (Lipinski definition) is 0. The summed E-state index contributed by atoms with van der Waals surface area (Å²) in [6.45, 7) is 2.59. The van der Waals surface area contributed by atoms with Crippen molar-refractivity contribution in [2.75, 3.05) is 0 Å². The van der Waals surface area contributed by atoms with Gasteiger partial charge in [-0.05, 0) is 30.3 Å². The molecule has 0 bridgehead atoms. The fraction of sp³-hybridized carbons (Fsp3) is 0.167. The van der Waals surface area contributed by atoms with Crippen LogP contribution in [-0.4, -0.2) is 27.7 Å². The minimum absolute atomic E-state index is 0.0797. The zero-order valence-corrected chi connectivity index (χ0v) is 16.4. The van der Waals surface area contributed by atoms with Gasteiger partial charge in [0, 0.05) is 36.0 Å². The number of carbonyl (C=O) groups excluding carboxylic acids is 2. The van der Waals surface area contributed by atoms with Crippen LogP contribution in [0.5, 0.6) is 5.75 Å². The second-order valence-electron chi connectivity index (χ2n) is 5.82. The number of benzene rings is 2. The van der Waals surface area contributed by atoms with Gasteiger partial charge in [-0.3, -0.25) is 19.7 Å². The first kappa shape index (κ1) is 19.5. The van der Waals surface area contributed by atoms with Crippen LogP contribution in [0.15, 0.2) is 52.0 Å². The maximum atomic E-state index is 12.0. The normalized spacial score (nSPS) is 15.6. The number of nitrogens with zero attached hydrogens (tertiary/aromatic N) is 3. The molecule has 0 radical (unpaired) electrons. The van der Waals surface area contributed by atoms with Crippen molar-refractivity contribution in [3.63, 3.8) is 0 Å². The molecule has 0 spiro atoms. The summed E-state index contributed by atoms with van der Waals surface area (Å²) in [5.74, 6) is -0.599. The molecule has 2 aromatic rings. The molecule has 1 amide bonds. The Kier molecular flexibility index (Phi) is 5.41. The summed E-state index contributed by atoms with van der Waals surface area (Å²) < 4.78 is 11.7. The molecule has 28 heavy (non-hydrogen) atoms. The van der Waals surface area contributed by atoms with E-state index in [4.69, 9.17) is 9.47 Å². The topological polar surface area (TPSA) is 111 Å². The minimum Gasteiger partial charge on any atom is -0.446 e. The average Bonchev–Trinajstić information content (AvgIpc) is 3.08. The standard InChI is InChI=1S/C18H14BrN3O6/c1-10(23)21-18(12-3-6-14(7-4-12)22(25)26)28-17(20-21)15-9-13(19)5-8-16(15)27-11(2)24/h3-9,18H,1-2H3/t18-/m1/s1. The summed E-state index contributed by atoms with van der Waals surface area (Å²) in [5, 5.41) is 16.2. The highest BCUT2D eigenvalue weighted by Crippen LogP contribution is 2.34. The summed E-state index contributed by atoms with van der Waals surface area (Å²) >= 11 is 3.34. The average molecular weight is 448 g/mol. The van der Waals surface area contributed by atoms with Crippen molar-refractivity contribution in [1.82, 2.24) is 5.01 Å². The van der Waals surface area contributed by atoms with Gasteiger partial charge in [0.15, 0.2) is 0 Å². The second kappa shape index (κ2) is 7.77. The van der Waals surface area contributed by atoms with Gasteiger partial charge in [0.1, 0.15) is 5.75 Å². The molecule has 1 atom stereocenters. The van der Waals surface area contributed by atoms with Crippen molar-refractivity contribution in [3.05, 3.63) is 68.2 Å². The van der Waals surface area contributed by atoms with Crippen molar-refractivity contribution < 1.29 is 24.0 Å². The van der Waals surface area contributed by atoms with Gasteiger partial charge in [0.25, 0.3) is 5.69 Å². The highest BCUT2D eigenvalue weighted by atomic mass is 79.9. The van der Waals surface area contributed by atoms with E-state index in [1.165, 1.54) is 38.1 Å². The quantitative estimate of drug-likeness (QED) is 0.306. The Labute approximate surface area is 167 Å². The third-order valence-corrected chi connectivity index (χ3v) is 4.27. The fourth-order valence-electron chi connectivity index (χ4n) is 2.57. The third-order valence-electron chi connectivity index (χ3n) is 3.78. The molecule has 0 aliphatic carbocycles. The lowest BCUT2D eigenvalue weighted by atomic mass is 10.1. The molecule has 9 nitrogen and oxygen atoms in total. The monoisotopic (exact) mass is 447 g/mol. The Bertz CT molecular complexity index is 989. The first-order chi connectivity index (χ1) is 13.3. The Hall–Kier alpha value is -3.27. The van der Waals surface area contributed by atoms with E-state index in [1.807, 2.05) is 0 Å². The van der Waals surface area contributed by atoms with Crippen molar-refractivity contribution >= 4 is 39.4 Å². The molecular formula is C18H14BrN3O6. The number of hydrogen-bond acceptors (Lipinski definition) is 7. The lowest BCUT2D eigenvalue weighted by Crippen LogP contribution is -2.25. The zero-order valence-electron chi connectivity index (χ0n) is 14.8. The molecule has 1 aliphatic rings. The summed E-state index contributed by atoms with van der Waals surface area (Å²) in [6.07, 6.45) is -0.905. The lowest BCUT2D eigenvalue weighted by molar-refractivity contribution is -0.384. The highest BCUT2D eigenvalue weighted by molar-refractivity contribution is 9.10. The number of non-ortho nitro benzene ring substituents is 1. The molecule has 0 saturated carbocycles. The first-order valence-corrected chi connectivity index (χ1v) is 8.83. The summed E-state index contributed by atoms with van der Waals surface area (Å²) in [7, 11) is 0. The van der Waals surface area contributed by atoms with Crippen LogP contribution in [0.3, 0.4) is 0 Å². The van der Waals surface area contributed by atoms with Gasteiger partial charge >= 0.3 is 5.97 Å². The van der Waals surface area contributed by atoms with Gasteiger partial charge in [-0.15, -0.1) is 5.10 Å². The van der Waals surface area contributed by atoms with E-state index >= 15 is 0 Å². The van der Waals surface area contributed by atoms with Crippen LogP contribution in [0.4, 0.5) is 5.69 Å². The van der Waals surface area contributed by atoms with Gasteiger partial charge in [-0.2, -0.15) is 5.01 Å². The second-order valence-corrected chi connectivity index (χ2v) is 6.74. The van der Waals surface area contributed by atoms with E-state index < -0.39 is 17.1 Å². The van der Waals surface area contributed by atoms with Crippen LogP contribution >= 0.6 is 15.9 Å². The molecule has 2 aromatic carbocycles. The molecule has 1 aliphatic heterocycles. The van der Waals surface area contributed by atoms with Crippen molar-refractivity contribution in [2.45, 2.75) is 20.1 Å². The number of hydrazone groups is 1. The van der Waals surface area contributed by atoms with E-state index in [1.54, 1.807) is 18.2 Å². The minimum atomic E-state index is -0.905. The number of nitro benzene ring substituents is 1. The third kappa shape index (κ3) is 4.01. The number of halogens is 1. The van der Waals surface area contributed by atoms with E-state index in [9.17, 15) is 19.7 Å². The molecule has 3 rings (SSSR count). The lowest BCUT2D eigenvalue weighted by Gasteiger charge is -2.19. The van der Waals surface area contributed by atoms with Crippen LogP contribution < -0.4 is 4.74 Å². The molecule has 1 heterocycles. The van der Waals surface area contributed by atoms with Crippen LogP contribution in [0.25, 0.3) is 0 Å². The van der Waals surface area contributed by atoms with E-state index in [0.717, 1.165) is 5.01 Å². The van der Waals surface area contributed by atoms with Crippen molar-refractivity contribution in [1.29, 1.82) is 0 Å². The van der Waals surface area contributed by atoms with Gasteiger partial charge in [0.2, 0.25) is 18.0 Å². The number of amides is 1. The Morgan fingerprint density at radius 1 is 1.21 bits per heavy atom. The smallest absolute Gasteiger partial charge is 0.308 e. The van der Waals surface area contributed by atoms with E-state index in [0.29, 0.717) is 15.6 Å². The molecule has 0 fully saturated rings. The van der Waals surface area contributed by atoms with Crippen LogP contribution in [-0.2, 0) is 14.3 Å². The number of esters is 1. The Morgan fingerprint density at radius 2 is 1.89 bits per heavy atom. The van der Waals surface area contributed by atoms with Gasteiger partial charge in [-0.1, -0.05) is 15.9 Å². The molecule has 0 unspecified atom stereocenters. The molecule has 10 heteroatoms. The highest BCUT2D eigenvalue weighted by Gasteiger charge is 2.34. The first-order valence-electron chi connectivity index (χ1n) is 8.04. The maximum Gasteiger partial charge on any atom is 0.308 e. The zero-order chi connectivity index (χ0) is 20.4. The Balaban J connectivity index is 1.98. The SMILES string of the molecule is CC(=O)Oc1ccc(Br)cc1C1=NN(C(C)=O)[C@@H](c2ccc([N+](=O)[O-])cc2)O1. The fourth-order valence-corrected chi connectivity index (χ4v) is 2.93. The summed E-state index contributed by atoms with van der Waals surface area (Å²) in [5.41, 5.74) is 0.796. The summed E-state index contributed by atoms with van der Waals surface area (Å²) in [6, 6.07) is 10.5. The number of ether oxygens (including phenoxy) is 2. The van der Waals surface area contributed by atoms with Crippen molar-refractivity contribution in [3.8, 4) is 5.75 Å².